The minimum Gasteiger partial charge on any atom is -0.467 e. The third-order valence-corrected chi connectivity index (χ3v) is 4.65. The highest BCUT2D eigenvalue weighted by Gasteiger charge is 2.39. The zero-order valence-corrected chi connectivity index (χ0v) is 16.0. The van der Waals surface area contributed by atoms with E-state index in [1.165, 1.54) is 19.2 Å². The first kappa shape index (κ1) is 20.4. The molecule has 29 heavy (non-hydrogen) atoms. The third kappa shape index (κ3) is 4.77. The van der Waals surface area contributed by atoms with Crippen LogP contribution < -0.4 is 10.6 Å². The molecule has 8 heteroatoms. The van der Waals surface area contributed by atoms with E-state index in [2.05, 4.69) is 15.6 Å². The molecule has 1 heterocycles. The molecule has 6 nitrogen and oxygen atoms in total. The van der Waals surface area contributed by atoms with E-state index in [0.717, 1.165) is 6.07 Å². The van der Waals surface area contributed by atoms with Gasteiger partial charge in [-0.3, -0.25) is 9.79 Å². The van der Waals surface area contributed by atoms with Crippen molar-refractivity contribution < 1.29 is 23.1 Å². The van der Waals surface area contributed by atoms with Gasteiger partial charge in [0.2, 0.25) is 5.91 Å². The van der Waals surface area contributed by atoms with E-state index < -0.39 is 35.1 Å². The maximum atomic E-state index is 13.4. The molecular formula is C21H21F2N3O3. The largest absolute Gasteiger partial charge is 0.467 e. The average Bonchev–Trinajstić information content (AvgIpc) is 3.07. The summed E-state index contributed by atoms with van der Waals surface area (Å²) >= 11 is 0. The Morgan fingerprint density at radius 3 is 2.48 bits per heavy atom. The number of carbonyl (C=O) groups excluding carboxylic acids is 2. The molecule has 0 spiro atoms. The van der Waals surface area contributed by atoms with Crippen molar-refractivity contribution >= 4 is 17.7 Å². The minimum atomic E-state index is -1.18. The lowest BCUT2D eigenvalue weighted by Crippen LogP contribution is -2.48. The van der Waals surface area contributed by atoms with Gasteiger partial charge in [-0.15, -0.1) is 0 Å². The van der Waals surface area contributed by atoms with E-state index in [4.69, 9.17) is 4.74 Å². The number of rotatable bonds is 6. The van der Waals surface area contributed by atoms with Gasteiger partial charge in [0.1, 0.15) is 17.5 Å². The van der Waals surface area contributed by atoms with Crippen LogP contribution in [0.1, 0.15) is 24.1 Å². The Hall–Kier alpha value is -3.29. The Morgan fingerprint density at radius 1 is 1.21 bits per heavy atom. The number of methoxy groups -OCH3 is 1. The number of esters is 1. The van der Waals surface area contributed by atoms with Crippen molar-refractivity contribution in [2.45, 2.75) is 24.9 Å². The summed E-state index contributed by atoms with van der Waals surface area (Å²) in [5.41, 5.74) is -0.195. The van der Waals surface area contributed by atoms with Crippen molar-refractivity contribution in [3.05, 3.63) is 71.3 Å². The van der Waals surface area contributed by atoms with Crippen molar-refractivity contribution in [3.63, 3.8) is 0 Å². The number of aliphatic imine (C=N–C) groups is 1. The van der Waals surface area contributed by atoms with Crippen molar-refractivity contribution in [3.8, 4) is 0 Å². The summed E-state index contributed by atoms with van der Waals surface area (Å²) in [4.78, 5) is 29.5. The average molecular weight is 401 g/mol. The second kappa shape index (κ2) is 8.38. The zero-order chi connectivity index (χ0) is 21.0. The summed E-state index contributed by atoms with van der Waals surface area (Å²) in [6, 6.07) is 11.0. The highest BCUT2D eigenvalue weighted by molar-refractivity contribution is 5.97. The van der Waals surface area contributed by atoms with Gasteiger partial charge in [0.15, 0.2) is 11.6 Å². The number of hydrogen-bond acceptors (Lipinski definition) is 5. The van der Waals surface area contributed by atoms with Crippen molar-refractivity contribution in [2.24, 2.45) is 4.99 Å². The van der Waals surface area contributed by atoms with Gasteiger partial charge < -0.3 is 15.4 Å². The fourth-order valence-corrected chi connectivity index (χ4v) is 3.12. The van der Waals surface area contributed by atoms with Crippen LogP contribution in [-0.4, -0.2) is 36.9 Å². The topological polar surface area (TPSA) is 79.8 Å². The number of ether oxygens (including phenoxy) is 1. The smallest absolute Gasteiger partial charge is 0.333 e. The van der Waals surface area contributed by atoms with E-state index in [-0.39, 0.29) is 13.0 Å². The van der Waals surface area contributed by atoms with Crippen molar-refractivity contribution in [1.82, 2.24) is 10.6 Å². The summed E-state index contributed by atoms with van der Waals surface area (Å²) in [5.74, 6) is -1.99. The van der Waals surface area contributed by atoms with Crippen LogP contribution in [0.4, 0.5) is 8.78 Å². The Kier molecular flexibility index (Phi) is 5.91. The molecule has 0 saturated carbocycles. The number of nitrogens with zero attached hydrogens (tertiary/aromatic N) is 1. The van der Waals surface area contributed by atoms with Gasteiger partial charge in [0, 0.05) is 19.0 Å². The summed E-state index contributed by atoms with van der Waals surface area (Å²) in [6.45, 7) is 1.81. The molecule has 2 aromatic rings. The highest BCUT2D eigenvalue weighted by Crippen LogP contribution is 2.21. The van der Waals surface area contributed by atoms with Crippen molar-refractivity contribution in [1.29, 1.82) is 0 Å². The highest BCUT2D eigenvalue weighted by atomic mass is 19.1. The number of benzene rings is 2. The summed E-state index contributed by atoms with van der Waals surface area (Å²) in [6.07, 6.45) is 0.149. The van der Waals surface area contributed by atoms with Crippen LogP contribution in [0.5, 0.6) is 0 Å². The van der Waals surface area contributed by atoms with Crippen LogP contribution in [0.15, 0.2) is 53.5 Å². The number of amides is 1. The van der Waals surface area contributed by atoms with E-state index in [1.807, 2.05) is 0 Å². The number of hydrogen-bond donors (Lipinski definition) is 2. The SMILES string of the molecule is COC(=O)[C@@H](NC(=O)C1(C)CNC(Cc2cc(F)cc(F)c2)=N1)c1ccccc1. The first-order chi connectivity index (χ1) is 13.8. The van der Waals surface area contributed by atoms with Gasteiger partial charge >= 0.3 is 5.97 Å². The van der Waals surface area contributed by atoms with Gasteiger partial charge in [-0.05, 0) is 30.2 Å². The molecule has 1 aliphatic heterocycles. The van der Waals surface area contributed by atoms with Gasteiger partial charge in [-0.1, -0.05) is 30.3 Å². The predicted molar refractivity (Wildman–Crippen MR) is 103 cm³/mol. The fraction of sp³-hybridized carbons (Fsp3) is 0.286. The monoisotopic (exact) mass is 401 g/mol. The lowest BCUT2D eigenvalue weighted by Gasteiger charge is -2.23. The second-order valence-electron chi connectivity index (χ2n) is 6.98. The van der Waals surface area contributed by atoms with Crippen LogP contribution in [0.2, 0.25) is 0 Å². The third-order valence-electron chi connectivity index (χ3n) is 4.65. The summed E-state index contributed by atoms with van der Waals surface area (Å²) in [5, 5.41) is 5.69. The molecule has 0 radical (unpaired) electrons. The number of carbonyl (C=O) groups is 2. The maximum Gasteiger partial charge on any atom is 0.333 e. The Labute approximate surface area is 167 Å². The standard InChI is InChI=1S/C21H21F2N3O3/c1-21(12-24-17(26-21)10-13-8-15(22)11-16(23)9-13)20(28)25-18(19(27)29-2)14-6-4-3-5-7-14/h3-9,11,18H,10,12H2,1-2H3,(H,24,26)(H,25,28)/t18-,21?/m0/s1. The minimum absolute atomic E-state index is 0.149. The summed E-state index contributed by atoms with van der Waals surface area (Å²) < 4.78 is 31.6. The molecule has 2 N–H and O–H groups in total. The molecule has 0 aromatic heterocycles. The van der Waals surface area contributed by atoms with Crippen molar-refractivity contribution in [2.75, 3.05) is 13.7 Å². The summed E-state index contributed by atoms with van der Waals surface area (Å²) in [7, 11) is 1.25. The number of nitrogens with one attached hydrogen (secondary N) is 2. The predicted octanol–water partition coefficient (Wildman–Crippen LogP) is 2.30. The molecule has 0 saturated heterocycles. The Bertz CT molecular complexity index is 929. The van der Waals surface area contributed by atoms with Crippen LogP contribution in [0.3, 0.4) is 0 Å². The van der Waals surface area contributed by atoms with Gasteiger partial charge in [-0.25, -0.2) is 13.6 Å². The molecule has 3 rings (SSSR count). The molecule has 0 aliphatic carbocycles. The molecule has 1 amide bonds. The van der Waals surface area contributed by atoms with E-state index in [0.29, 0.717) is 17.0 Å². The molecule has 1 unspecified atom stereocenters. The second-order valence-corrected chi connectivity index (χ2v) is 6.98. The van der Waals surface area contributed by atoms with Gasteiger partial charge in [0.05, 0.1) is 7.11 Å². The van der Waals surface area contributed by atoms with E-state index in [1.54, 1.807) is 37.3 Å². The van der Waals surface area contributed by atoms with Crippen LogP contribution in [0, 0.1) is 11.6 Å². The lowest BCUT2D eigenvalue weighted by molar-refractivity contribution is -0.145. The van der Waals surface area contributed by atoms with E-state index >= 15 is 0 Å². The van der Waals surface area contributed by atoms with Gasteiger partial charge in [0.25, 0.3) is 0 Å². The van der Waals surface area contributed by atoms with Crippen LogP contribution >= 0.6 is 0 Å². The first-order valence-electron chi connectivity index (χ1n) is 9.02. The normalized spacial score (nSPS) is 19.1. The first-order valence-corrected chi connectivity index (χ1v) is 9.02. The molecular weight excluding hydrogens is 380 g/mol. The zero-order valence-electron chi connectivity index (χ0n) is 16.0. The molecule has 2 atom stereocenters. The molecule has 1 aliphatic rings. The van der Waals surface area contributed by atoms with Crippen LogP contribution in [0.25, 0.3) is 0 Å². The quantitative estimate of drug-likeness (QED) is 0.728. The molecule has 0 fully saturated rings. The number of amidine groups is 1. The van der Waals surface area contributed by atoms with Crippen LogP contribution in [-0.2, 0) is 20.7 Å². The lowest BCUT2D eigenvalue weighted by atomic mass is 10.0. The Morgan fingerprint density at radius 2 is 1.86 bits per heavy atom. The molecule has 0 bridgehead atoms. The Balaban J connectivity index is 1.76. The molecule has 2 aromatic carbocycles. The van der Waals surface area contributed by atoms with Gasteiger partial charge in [-0.2, -0.15) is 0 Å². The molecule has 152 valence electrons. The fourth-order valence-electron chi connectivity index (χ4n) is 3.12. The van der Waals surface area contributed by atoms with E-state index in [9.17, 15) is 18.4 Å². The maximum absolute atomic E-state index is 13.4. The number of halogens is 2.